The molecule has 15 heavy (non-hydrogen) atoms. The molecule has 3 heteroatoms. The summed E-state index contributed by atoms with van der Waals surface area (Å²) in [6, 6.07) is 0. The van der Waals surface area contributed by atoms with Crippen molar-refractivity contribution in [1.29, 1.82) is 0 Å². The monoisotopic (exact) mass is 213 g/mol. The van der Waals surface area contributed by atoms with Gasteiger partial charge in [0.1, 0.15) is 0 Å². The number of hydrogen-bond acceptors (Lipinski definition) is 1. The second-order valence-corrected chi connectivity index (χ2v) is 4.79. The fraction of sp³-hybridized carbons (Fsp3) is 0.917. The summed E-state index contributed by atoms with van der Waals surface area (Å²) < 4.78 is 0. The second kappa shape index (κ2) is 8.57. The fourth-order valence-corrected chi connectivity index (χ4v) is 1.18. The Morgan fingerprint density at radius 1 is 0.933 bits per heavy atom. The van der Waals surface area contributed by atoms with Crippen LogP contribution in [0.15, 0.2) is 4.99 Å². The first-order valence-electron chi connectivity index (χ1n) is 6.00. The predicted molar refractivity (Wildman–Crippen MR) is 68.3 cm³/mol. The van der Waals surface area contributed by atoms with E-state index in [2.05, 4.69) is 43.3 Å². The lowest BCUT2D eigenvalue weighted by atomic mass is 10.1. The molecule has 0 saturated carbocycles. The van der Waals surface area contributed by atoms with Crippen LogP contribution in [0, 0.1) is 11.8 Å². The third-order valence-electron chi connectivity index (χ3n) is 2.25. The van der Waals surface area contributed by atoms with Crippen molar-refractivity contribution in [1.82, 2.24) is 10.6 Å². The molecule has 0 amide bonds. The summed E-state index contributed by atoms with van der Waals surface area (Å²) in [5, 5.41) is 6.63. The van der Waals surface area contributed by atoms with Crippen LogP contribution < -0.4 is 10.6 Å². The van der Waals surface area contributed by atoms with Gasteiger partial charge < -0.3 is 10.6 Å². The Labute approximate surface area is 94.7 Å². The van der Waals surface area contributed by atoms with Crippen LogP contribution in [0.5, 0.6) is 0 Å². The number of rotatable bonds is 6. The quantitative estimate of drug-likeness (QED) is 0.524. The maximum atomic E-state index is 4.18. The van der Waals surface area contributed by atoms with Crippen molar-refractivity contribution in [3.63, 3.8) is 0 Å². The van der Waals surface area contributed by atoms with Crippen LogP contribution in [-0.4, -0.2) is 26.1 Å². The summed E-state index contributed by atoms with van der Waals surface area (Å²) in [4.78, 5) is 4.18. The van der Waals surface area contributed by atoms with E-state index in [1.807, 2.05) is 7.05 Å². The highest BCUT2D eigenvalue weighted by Crippen LogP contribution is 1.97. The van der Waals surface area contributed by atoms with Gasteiger partial charge in [0, 0.05) is 20.1 Å². The third kappa shape index (κ3) is 9.57. The zero-order chi connectivity index (χ0) is 11.7. The molecule has 0 aromatic carbocycles. The molecule has 0 bridgehead atoms. The van der Waals surface area contributed by atoms with Crippen LogP contribution in [0.1, 0.15) is 40.5 Å². The maximum absolute atomic E-state index is 4.18. The van der Waals surface area contributed by atoms with E-state index in [0.29, 0.717) is 0 Å². The largest absolute Gasteiger partial charge is 0.356 e. The molecule has 90 valence electrons. The topological polar surface area (TPSA) is 36.4 Å². The van der Waals surface area contributed by atoms with Gasteiger partial charge >= 0.3 is 0 Å². The van der Waals surface area contributed by atoms with Crippen LogP contribution in [0.4, 0.5) is 0 Å². The number of guanidine groups is 1. The van der Waals surface area contributed by atoms with Crippen molar-refractivity contribution in [2.45, 2.75) is 40.5 Å². The van der Waals surface area contributed by atoms with Crippen LogP contribution >= 0.6 is 0 Å². The standard InChI is InChI=1S/C12H27N3/c1-10(2)6-8-14-12(13-5)15-9-7-11(3)4/h10-11H,6-9H2,1-5H3,(H2,13,14,15). The van der Waals surface area contributed by atoms with Crippen molar-refractivity contribution >= 4 is 5.96 Å². The van der Waals surface area contributed by atoms with Gasteiger partial charge in [0.05, 0.1) is 0 Å². The number of hydrogen-bond donors (Lipinski definition) is 2. The normalized spacial score (nSPS) is 10.6. The Hall–Kier alpha value is -0.730. The molecule has 0 spiro atoms. The van der Waals surface area contributed by atoms with Gasteiger partial charge in [-0.15, -0.1) is 0 Å². The predicted octanol–water partition coefficient (Wildman–Crippen LogP) is 2.24. The van der Waals surface area contributed by atoms with Crippen molar-refractivity contribution in [2.75, 3.05) is 20.1 Å². The molecule has 0 saturated heterocycles. The first-order chi connectivity index (χ1) is 7.06. The van der Waals surface area contributed by atoms with Gasteiger partial charge in [-0.2, -0.15) is 0 Å². The molecule has 0 atom stereocenters. The first kappa shape index (κ1) is 14.3. The second-order valence-electron chi connectivity index (χ2n) is 4.79. The number of aliphatic imine (C=N–C) groups is 1. The van der Waals surface area contributed by atoms with Gasteiger partial charge in [0.15, 0.2) is 5.96 Å². The Kier molecular flexibility index (Phi) is 8.15. The van der Waals surface area contributed by atoms with E-state index in [9.17, 15) is 0 Å². The Morgan fingerprint density at radius 3 is 1.60 bits per heavy atom. The molecule has 0 aromatic rings. The highest BCUT2D eigenvalue weighted by Gasteiger charge is 1.99. The highest BCUT2D eigenvalue weighted by atomic mass is 15.2. The zero-order valence-corrected chi connectivity index (χ0v) is 10.9. The summed E-state index contributed by atoms with van der Waals surface area (Å²) >= 11 is 0. The molecule has 2 N–H and O–H groups in total. The molecular formula is C12H27N3. The molecule has 0 rings (SSSR count). The minimum atomic E-state index is 0.742. The average Bonchev–Trinajstić information content (AvgIpc) is 2.14. The minimum Gasteiger partial charge on any atom is -0.356 e. The fourth-order valence-electron chi connectivity index (χ4n) is 1.18. The average molecular weight is 213 g/mol. The highest BCUT2D eigenvalue weighted by molar-refractivity contribution is 5.79. The van der Waals surface area contributed by atoms with E-state index < -0.39 is 0 Å². The molecule has 0 heterocycles. The lowest BCUT2D eigenvalue weighted by Gasteiger charge is -2.13. The molecule has 0 aliphatic carbocycles. The van der Waals surface area contributed by atoms with Gasteiger partial charge in [-0.25, -0.2) is 0 Å². The number of nitrogens with zero attached hydrogens (tertiary/aromatic N) is 1. The van der Waals surface area contributed by atoms with Gasteiger partial charge in [-0.05, 0) is 24.7 Å². The lowest BCUT2D eigenvalue weighted by molar-refractivity contribution is 0.559. The van der Waals surface area contributed by atoms with Crippen molar-refractivity contribution in [2.24, 2.45) is 16.8 Å². The maximum Gasteiger partial charge on any atom is 0.190 e. The summed E-state index contributed by atoms with van der Waals surface area (Å²) in [6.07, 6.45) is 2.37. The Balaban J connectivity index is 3.57. The molecule has 0 unspecified atom stereocenters. The van der Waals surface area contributed by atoms with Crippen molar-refractivity contribution < 1.29 is 0 Å². The van der Waals surface area contributed by atoms with Crippen LogP contribution in [-0.2, 0) is 0 Å². The van der Waals surface area contributed by atoms with Gasteiger partial charge in [0.2, 0.25) is 0 Å². The molecular weight excluding hydrogens is 186 g/mol. The van der Waals surface area contributed by atoms with E-state index in [1.165, 1.54) is 12.8 Å². The van der Waals surface area contributed by atoms with E-state index in [4.69, 9.17) is 0 Å². The molecule has 0 fully saturated rings. The van der Waals surface area contributed by atoms with E-state index in [0.717, 1.165) is 30.9 Å². The summed E-state index contributed by atoms with van der Waals surface area (Å²) in [5.74, 6) is 2.41. The third-order valence-corrected chi connectivity index (χ3v) is 2.25. The van der Waals surface area contributed by atoms with E-state index in [-0.39, 0.29) is 0 Å². The summed E-state index contributed by atoms with van der Waals surface area (Å²) in [5.41, 5.74) is 0. The molecule has 0 aliphatic heterocycles. The Morgan fingerprint density at radius 2 is 1.33 bits per heavy atom. The molecule has 0 radical (unpaired) electrons. The lowest BCUT2D eigenvalue weighted by Crippen LogP contribution is -2.38. The van der Waals surface area contributed by atoms with Crippen molar-refractivity contribution in [3.8, 4) is 0 Å². The van der Waals surface area contributed by atoms with Crippen molar-refractivity contribution in [3.05, 3.63) is 0 Å². The first-order valence-corrected chi connectivity index (χ1v) is 6.00. The number of nitrogens with one attached hydrogen (secondary N) is 2. The molecule has 3 nitrogen and oxygen atoms in total. The Bertz CT molecular complexity index is 158. The van der Waals surface area contributed by atoms with Gasteiger partial charge in [-0.3, -0.25) is 4.99 Å². The molecule has 0 aliphatic rings. The van der Waals surface area contributed by atoms with Gasteiger partial charge in [-0.1, -0.05) is 27.7 Å². The smallest absolute Gasteiger partial charge is 0.190 e. The van der Waals surface area contributed by atoms with Crippen LogP contribution in [0.3, 0.4) is 0 Å². The zero-order valence-electron chi connectivity index (χ0n) is 10.9. The van der Waals surface area contributed by atoms with Crippen LogP contribution in [0.25, 0.3) is 0 Å². The van der Waals surface area contributed by atoms with E-state index >= 15 is 0 Å². The minimum absolute atomic E-state index is 0.742. The van der Waals surface area contributed by atoms with Crippen LogP contribution in [0.2, 0.25) is 0 Å². The summed E-state index contributed by atoms with van der Waals surface area (Å²) in [6.45, 7) is 10.9. The molecule has 0 aromatic heterocycles. The SMILES string of the molecule is CN=C(NCCC(C)C)NCCC(C)C. The van der Waals surface area contributed by atoms with E-state index in [1.54, 1.807) is 0 Å². The van der Waals surface area contributed by atoms with Gasteiger partial charge in [0.25, 0.3) is 0 Å². The summed E-state index contributed by atoms with van der Waals surface area (Å²) in [7, 11) is 1.82.